The standard InChI is InChI=1S/C23H21Cl2NO4/c1-12-9-14(22(28)29)3-5-18(12)23(7-8-30-11-23)26-21(27)16-10-17-15(13(16)2)4-6-19(24)20(17)25/h3-6,9-10,13H,7-8,11H2,1-2H3,(H,26,27)(H,28,29). The van der Waals surface area contributed by atoms with E-state index >= 15 is 0 Å². The monoisotopic (exact) mass is 445 g/mol. The van der Waals surface area contributed by atoms with Gasteiger partial charge in [-0.15, -0.1) is 0 Å². The molecule has 30 heavy (non-hydrogen) atoms. The van der Waals surface area contributed by atoms with Crippen LogP contribution in [0.4, 0.5) is 0 Å². The lowest BCUT2D eigenvalue weighted by Gasteiger charge is -2.32. The number of carbonyl (C=O) groups excluding carboxylic acids is 1. The molecule has 0 saturated carbocycles. The molecule has 0 aromatic heterocycles. The molecule has 2 aromatic carbocycles. The van der Waals surface area contributed by atoms with Crippen molar-refractivity contribution in [1.82, 2.24) is 5.32 Å². The lowest BCUT2D eigenvalue weighted by Crippen LogP contribution is -2.47. The predicted molar refractivity (Wildman–Crippen MR) is 116 cm³/mol. The summed E-state index contributed by atoms with van der Waals surface area (Å²) in [6.45, 7) is 4.65. The maximum atomic E-state index is 13.3. The van der Waals surface area contributed by atoms with Crippen LogP contribution in [0.1, 0.15) is 51.9 Å². The highest BCUT2D eigenvalue weighted by molar-refractivity contribution is 6.43. The van der Waals surface area contributed by atoms with Gasteiger partial charge < -0.3 is 15.2 Å². The Morgan fingerprint density at radius 1 is 1.23 bits per heavy atom. The van der Waals surface area contributed by atoms with Gasteiger partial charge in [-0.2, -0.15) is 0 Å². The predicted octanol–water partition coefficient (Wildman–Crippen LogP) is 4.93. The van der Waals surface area contributed by atoms with E-state index in [1.54, 1.807) is 30.3 Å². The van der Waals surface area contributed by atoms with Gasteiger partial charge in [-0.1, -0.05) is 42.3 Å². The van der Waals surface area contributed by atoms with Crippen LogP contribution < -0.4 is 5.32 Å². The zero-order valence-electron chi connectivity index (χ0n) is 16.6. The topological polar surface area (TPSA) is 75.6 Å². The van der Waals surface area contributed by atoms with E-state index in [0.29, 0.717) is 35.3 Å². The number of nitrogens with one attached hydrogen (secondary N) is 1. The zero-order valence-corrected chi connectivity index (χ0v) is 18.1. The number of fused-ring (bicyclic) bond motifs is 1. The van der Waals surface area contributed by atoms with Crippen molar-refractivity contribution in [2.75, 3.05) is 13.2 Å². The zero-order chi connectivity index (χ0) is 21.6. The first-order valence-electron chi connectivity index (χ1n) is 9.68. The van der Waals surface area contributed by atoms with Gasteiger partial charge in [0, 0.05) is 24.5 Å². The second kappa shape index (κ2) is 7.73. The molecule has 0 spiro atoms. The van der Waals surface area contributed by atoms with Crippen LogP contribution in [0.5, 0.6) is 0 Å². The van der Waals surface area contributed by atoms with Crippen molar-refractivity contribution in [3.05, 3.63) is 73.8 Å². The van der Waals surface area contributed by atoms with Gasteiger partial charge in [0.1, 0.15) is 0 Å². The smallest absolute Gasteiger partial charge is 0.335 e. The van der Waals surface area contributed by atoms with E-state index in [2.05, 4.69) is 5.32 Å². The van der Waals surface area contributed by atoms with Crippen molar-refractivity contribution in [3.8, 4) is 0 Å². The second-order valence-electron chi connectivity index (χ2n) is 7.86. The Bertz CT molecular complexity index is 1090. The molecule has 0 radical (unpaired) electrons. The molecule has 5 nitrogen and oxygen atoms in total. The highest BCUT2D eigenvalue weighted by Gasteiger charge is 2.41. The number of carbonyl (C=O) groups is 2. The van der Waals surface area contributed by atoms with Crippen LogP contribution >= 0.6 is 23.2 Å². The van der Waals surface area contributed by atoms with Gasteiger partial charge in [0.2, 0.25) is 5.91 Å². The summed E-state index contributed by atoms with van der Waals surface area (Å²) in [4.78, 5) is 24.6. The van der Waals surface area contributed by atoms with E-state index in [-0.39, 0.29) is 17.4 Å². The Balaban J connectivity index is 1.67. The van der Waals surface area contributed by atoms with Crippen molar-refractivity contribution in [2.45, 2.75) is 31.7 Å². The maximum absolute atomic E-state index is 13.3. The average molecular weight is 446 g/mol. The van der Waals surface area contributed by atoms with Gasteiger partial charge in [-0.3, -0.25) is 4.79 Å². The average Bonchev–Trinajstić information content (AvgIpc) is 3.30. The molecule has 1 heterocycles. The number of carboxylic acid groups (broad SMARTS) is 1. The molecule has 0 bridgehead atoms. The van der Waals surface area contributed by atoms with Gasteiger partial charge in [0.15, 0.2) is 0 Å². The number of halogens is 2. The molecular weight excluding hydrogens is 425 g/mol. The molecule has 7 heteroatoms. The molecule has 4 rings (SSSR count). The maximum Gasteiger partial charge on any atom is 0.335 e. The van der Waals surface area contributed by atoms with Gasteiger partial charge in [-0.05, 0) is 53.5 Å². The number of aromatic carboxylic acids is 1. The minimum atomic E-state index is -0.983. The summed E-state index contributed by atoms with van der Waals surface area (Å²) in [5, 5.41) is 13.3. The molecule has 2 aliphatic rings. The summed E-state index contributed by atoms with van der Waals surface area (Å²) in [6, 6.07) is 8.60. The molecule has 2 atom stereocenters. The summed E-state index contributed by atoms with van der Waals surface area (Å²) in [6.07, 6.45) is 2.40. The number of aryl methyl sites for hydroxylation is 1. The van der Waals surface area contributed by atoms with E-state index in [1.807, 2.05) is 19.9 Å². The Morgan fingerprint density at radius 3 is 2.63 bits per heavy atom. The fourth-order valence-electron chi connectivity index (χ4n) is 4.38. The summed E-state index contributed by atoms with van der Waals surface area (Å²) < 4.78 is 5.65. The minimum Gasteiger partial charge on any atom is -0.478 e. The third kappa shape index (κ3) is 3.41. The van der Waals surface area contributed by atoms with Gasteiger partial charge in [0.25, 0.3) is 0 Å². The molecular formula is C23H21Cl2NO4. The molecule has 1 fully saturated rings. The van der Waals surface area contributed by atoms with E-state index < -0.39 is 11.5 Å². The van der Waals surface area contributed by atoms with Crippen LogP contribution in [0, 0.1) is 6.92 Å². The number of hydrogen-bond acceptors (Lipinski definition) is 3. The molecule has 1 aliphatic carbocycles. The molecule has 2 aromatic rings. The van der Waals surface area contributed by atoms with E-state index in [1.165, 1.54) is 0 Å². The van der Waals surface area contributed by atoms with Gasteiger partial charge >= 0.3 is 5.97 Å². The Morgan fingerprint density at radius 2 is 2.00 bits per heavy atom. The third-order valence-electron chi connectivity index (χ3n) is 6.02. The highest BCUT2D eigenvalue weighted by atomic mass is 35.5. The highest BCUT2D eigenvalue weighted by Crippen LogP contribution is 2.43. The van der Waals surface area contributed by atoms with Gasteiger partial charge in [0.05, 0.1) is 27.8 Å². The van der Waals surface area contributed by atoms with Crippen LogP contribution in [-0.2, 0) is 15.1 Å². The molecule has 2 unspecified atom stereocenters. The largest absolute Gasteiger partial charge is 0.478 e. The third-order valence-corrected chi connectivity index (χ3v) is 6.84. The van der Waals surface area contributed by atoms with Crippen molar-refractivity contribution in [2.24, 2.45) is 0 Å². The lowest BCUT2D eigenvalue weighted by atomic mass is 9.84. The van der Waals surface area contributed by atoms with Crippen molar-refractivity contribution >= 4 is 41.2 Å². The van der Waals surface area contributed by atoms with Crippen molar-refractivity contribution in [3.63, 3.8) is 0 Å². The van der Waals surface area contributed by atoms with Crippen LogP contribution in [-0.4, -0.2) is 30.2 Å². The van der Waals surface area contributed by atoms with Crippen LogP contribution in [0.2, 0.25) is 10.0 Å². The molecule has 156 valence electrons. The number of carboxylic acids is 1. The summed E-state index contributed by atoms with van der Waals surface area (Å²) in [7, 11) is 0. The number of hydrogen-bond donors (Lipinski definition) is 2. The van der Waals surface area contributed by atoms with E-state index in [4.69, 9.17) is 27.9 Å². The first kappa shape index (κ1) is 20.9. The van der Waals surface area contributed by atoms with Gasteiger partial charge in [-0.25, -0.2) is 4.79 Å². The van der Waals surface area contributed by atoms with Crippen molar-refractivity contribution in [1.29, 1.82) is 0 Å². The number of ether oxygens (including phenoxy) is 1. The second-order valence-corrected chi connectivity index (χ2v) is 8.64. The van der Waals surface area contributed by atoms with Crippen LogP contribution in [0.25, 0.3) is 6.08 Å². The molecule has 1 saturated heterocycles. The van der Waals surface area contributed by atoms with Crippen LogP contribution in [0.15, 0.2) is 35.9 Å². The van der Waals surface area contributed by atoms with Crippen LogP contribution in [0.3, 0.4) is 0 Å². The number of amides is 1. The van der Waals surface area contributed by atoms with E-state index in [9.17, 15) is 14.7 Å². The molecule has 2 N–H and O–H groups in total. The fourth-order valence-corrected chi connectivity index (χ4v) is 4.77. The lowest BCUT2D eigenvalue weighted by molar-refractivity contribution is -0.119. The quantitative estimate of drug-likeness (QED) is 0.698. The Hall–Kier alpha value is -2.34. The summed E-state index contributed by atoms with van der Waals surface area (Å²) >= 11 is 12.5. The fraction of sp³-hybridized carbons (Fsp3) is 0.304. The summed E-state index contributed by atoms with van der Waals surface area (Å²) in [5.74, 6) is -1.30. The normalized spacial score (nSPS) is 22.5. The number of rotatable bonds is 4. The molecule has 1 aliphatic heterocycles. The molecule has 1 amide bonds. The Kier molecular flexibility index (Phi) is 5.39. The Labute approximate surface area is 184 Å². The first-order valence-corrected chi connectivity index (χ1v) is 10.4. The summed E-state index contributed by atoms with van der Waals surface area (Å²) in [5.41, 5.74) is 3.52. The van der Waals surface area contributed by atoms with Crippen molar-refractivity contribution < 1.29 is 19.4 Å². The minimum absolute atomic E-state index is 0.121. The first-order chi connectivity index (χ1) is 14.2. The number of benzene rings is 2. The SMILES string of the molecule is Cc1cc(C(=O)O)ccc1C1(NC(=O)C2=Cc3c(ccc(Cl)c3Cl)C2C)CCOC1. The van der Waals surface area contributed by atoms with E-state index in [0.717, 1.165) is 22.3 Å².